The van der Waals surface area contributed by atoms with Crippen molar-refractivity contribution >= 4 is 0 Å². The third-order valence-corrected chi connectivity index (χ3v) is 3.84. The number of ether oxygens (including phenoxy) is 1. The highest BCUT2D eigenvalue weighted by atomic mass is 16.5. The smallest absolute Gasteiger partial charge is 0.118 e. The summed E-state index contributed by atoms with van der Waals surface area (Å²) in [5, 5.41) is 0. The van der Waals surface area contributed by atoms with Gasteiger partial charge in [0.25, 0.3) is 0 Å². The Kier molecular flexibility index (Phi) is 4.46. The first-order valence-electron chi connectivity index (χ1n) is 7.63. The number of furan rings is 2. The molecule has 0 aliphatic carbocycles. The molecule has 0 radical (unpaired) electrons. The molecule has 0 saturated carbocycles. The van der Waals surface area contributed by atoms with Gasteiger partial charge in [0, 0.05) is 13.2 Å². The molecule has 1 atom stereocenters. The summed E-state index contributed by atoms with van der Waals surface area (Å²) in [4.78, 5) is 2.34. The van der Waals surface area contributed by atoms with Crippen LogP contribution in [0.25, 0.3) is 0 Å². The van der Waals surface area contributed by atoms with E-state index in [1.54, 1.807) is 0 Å². The molecule has 0 spiro atoms. The molecule has 1 fully saturated rings. The van der Waals surface area contributed by atoms with Crippen molar-refractivity contribution in [1.82, 2.24) is 4.90 Å². The maximum absolute atomic E-state index is 5.77. The monoisotopic (exact) mass is 289 g/mol. The summed E-state index contributed by atoms with van der Waals surface area (Å²) in [6.07, 6.45) is 2.64. The molecule has 3 heterocycles. The van der Waals surface area contributed by atoms with E-state index in [0.29, 0.717) is 6.10 Å². The van der Waals surface area contributed by atoms with E-state index in [4.69, 9.17) is 13.6 Å². The van der Waals surface area contributed by atoms with Crippen LogP contribution in [0.2, 0.25) is 0 Å². The zero-order chi connectivity index (χ0) is 14.7. The van der Waals surface area contributed by atoms with E-state index in [2.05, 4.69) is 4.90 Å². The Hall–Kier alpha value is -1.52. The molecule has 4 heteroatoms. The molecular weight excluding hydrogens is 266 g/mol. The molecule has 2 aromatic heterocycles. The SMILES string of the molecule is Cc1ccc(CN(Cc2ccc(C)o2)CC2CCCO2)o1. The van der Waals surface area contributed by atoms with Crippen molar-refractivity contribution in [2.45, 2.75) is 45.9 Å². The minimum Gasteiger partial charge on any atom is -0.465 e. The molecule has 3 rings (SSSR count). The minimum atomic E-state index is 0.331. The van der Waals surface area contributed by atoms with Crippen LogP contribution < -0.4 is 0 Å². The van der Waals surface area contributed by atoms with Crippen molar-refractivity contribution < 1.29 is 13.6 Å². The van der Waals surface area contributed by atoms with Crippen molar-refractivity contribution in [1.29, 1.82) is 0 Å². The van der Waals surface area contributed by atoms with Gasteiger partial charge in [0.1, 0.15) is 23.0 Å². The Labute approximate surface area is 125 Å². The van der Waals surface area contributed by atoms with E-state index in [9.17, 15) is 0 Å². The Balaban J connectivity index is 1.66. The van der Waals surface area contributed by atoms with Crippen molar-refractivity contribution in [3.63, 3.8) is 0 Å². The van der Waals surface area contributed by atoms with Gasteiger partial charge in [0.05, 0.1) is 19.2 Å². The third-order valence-electron chi connectivity index (χ3n) is 3.84. The van der Waals surface area contributed by atoms with E-state index >= 15 is 0 Å². The number of nitrogens with zero attached hydrogens (tertiary/aromatic N) is 1. The molecule has 0 bridgehead atoms. The van der Waals surface area contributed by atoms with Gasteiger partial charge in [-0.05, 0) is 51.0 Å². The lowest BCUT2D eigenvalue weighted by molar-refractivity contribution is 0.0628. The summed E-state index contributed by atoms with van der Waals surface area (Å²) < 4.78 is 17.2. The summed E-state index contributed by atoms with van der Waals surface area (Å²) in [6, 6.07) is 8.11. The predicted octanol–water partition coefficient (Wildman–Crippen LogP) is 3.67. The molecule has 4 nitrogen and oxygen atoms in total. The minimum absolute atomic E-state index is 0.331. The molecule has 0 N–H and O–H groups in total. The standard InChI is InChI=1S/C17H23NO3/c1-13-5-7-16(20-13)11-18(10-15-4-3-9-19-15)12-17-8-6-14(2)21-17/h5-8,15H,3-4,9-12H2,1-2H3. The first-order valence-corrected chi connectivity index (χ1v) is 7.63. The third kappa shape index (κ3) is 3.99. The number of hydrogen-bond acceptors (Lipinski definition) is 4. The van der Waals surface area contributed by atoms with Gasteiger partial charge in [-0.1, -0.05) is 0 Å². The van der Waals surface area contributed by atoms with Crippen LogP contribution in [0.4, 0.5) is 0 Å². The Bertz CT molecular complexity index is 524. The average Bonchev–Trinajstić information content (AvgIpc) is 3.15. The van der Waals surface area contributed by atoms with Gasteiger partial charge in [-0.3, -0.25) is 4.90 Å². The summed E-state index contributed by atoms with van der Waals surface area (Å²) in [5.41, 5.74) is 0. The molecule has 0 aromatic carbocycles. The van der Waals surface area contributed by atoms with Crippen LogP contribution in [0.3, 0.4) is 0 Å². The largest absolute Gasteiger partial charge is 0.465 e. The molecular formula is C17H23NO3. The maximum atomic E-state index is 5.77. The summed E-state index contributed by atoms with van der Waals surface area (Å²) >= 11 is 0. The summed E-state index contributed by atoms with van der Waals surface area (Å²) in [6.45, 7) is 7.33. The average molecular weight is 289 g/mol. The highest BCUT2D eigenvalue weighted by Gasteiger charge is 2.21. The topological polar surface area (TPSA) is 38.8 Å². The van der Waals surface area contributed by atoms with E-state index in [0.717, 1.165) is 62.1 Å². The van der Waals surface area contributed by atoms with Crippen LogP contribution >= 0.6 is 0 Å². The van der Waals surface area contributed by atoms with Crippen molar-refractivity contribution in [3.8, 4) is 0 Å². The van der Waals surface area contributed by atoms with Gasteiger partial charge in [-0.25, -0.2) is 0 Å². The van der Waals surface area contributed by atoms with Crippen LogP contribution in [0.5, 0.6) is 0 Å². The van der Waals surface area contributed by atoms with E-state index in [1.165, 1.54) is 0 Å². The highest BCUT2D eigenvalue weighted by molar-refractivity contribution is 5.08. The van der Waals surface area contributed by atoms with Crippen LogP contribution in [0.1, 0.15) is 35.9 Å². The zero-order valence-corrected chi connectivity index (χ0v) is 12.8. The van der Waals surface area contributed by atoms with Crippen molar-refractivity contribution in [2.75, 3.05) is 13.2 Å². The number of rotatable bonds is 6. The van der Waals surface area contributed by atoms with Crippen LogP contribution in [0.15, 0.2) is 33.1 Å². The molecule has 114 valence electrons. The molecule has 1 aliphatic heterocycles. The molecule has 0 amide bonds. The maximum Gasteiger partial charge on any atom is 0.118 e. The first kappa shape index (κ1) is 14.4. The van der Waals surface area contributed by atoms with Gasteiger partial charge in [-0.2, -0.15) is 0 Å². The fourth-order valence-electron chi connectivity index (χ4n) is 2.84. The highest BCUT2D eigenvalue weighted by Crippen LogP contribution is 2.19. The van der Waals surface area contributed by atoms with Gasteiger partial charge >= 0.3 is 0 Å². The lowest BCUT2D eigenvalue weighted by Crippen LogP contribution is -2.31. The lowest BCUT2D eigenvalue weighted by atomic mass is 10.2. The van der Waals surface area contributed by atoms with Gasteiger partial charge < -0.3 is 13.6 Å². The quantitative estimate of drug-likeness (QED) is 0.813. The first-order chi connectivity index (χ1) is 10.2. The van der Waals surface area contributed by atoms with Crippen LogP contribution in [-0.4, -0.2) is 24.2 Å². The second kappa shape index (κ2) is 6.50. The molecule has 1 aliphatic rings. The Morgan fingerprint density at radius 2 is 1.62 bits per heavy atom. The molecule has 1 saturated heterocycles. The van der Waals surface area contributed by atoms with E-state index in [1.807, 2.05) is 38.1 Å². The van der Waals surface area contributed by atoms with E-state index < -0.39 is 0 Å². The van der Waals surface area contributed by atoms with Crippen LogP contribution in [-0.2, 0) is 17.8 Å². The lowest BCUT2D eigenvalue weighted by Gasteiger charge is -2.23. The number of hydrogen-bond donors (Lipinski definition) is 0. The number of aryl methyl sites for hydroxylation is 2. The van der Waals surface area contributed by atoms with Crippen molar-refractivity contribution in [2.24, 2.45) is 0 Å². The predicted molar refractivity (Wildman–Crippen MR) is 80.0 cm³/mol. The van der Waals surface area contributed by atoms with Crippen LogP contribution in [0, 0.1) is 13.8 Å². The van der Waals surface area contributed by atoms with E-state index in [-0.39, 0.29) is 0 Å². The summed E-state index contributed by atoms with van der Waals surface area (Å²) in [5.74, 6) is 3.90. The zero-order valence-electron chi connectivity index (χ0n) is 12.8. The molecule has 2 aromatic rings. The fraction of sp³-hybridized carbons (Fsp3) is 0.529. The Morgan fingerprint density at radius 1 is 1.00 bits per heavy atom. The van der Waals surface area contributed by atoms with Gasteiger partial charge in [0.2, 0.25) is 0 Å². The summed E-state index contributed by atoms with van der Waals surface area (Å²) in [7, 11) is 0. The second-order valence-electron chi connectivity index (χ2n) is 5.83. The fourth-order valence-corrected chi connectivity index (χ4v) is 2.84. The van der Waals surface area contributed by atoms with Gasteiger partial charge in [0.15, 0.2) is 0 Å². The van der Waals surface area contributed by atoms with Crippen molar-refractivity contribution in [3.05, 3.63) is 47.3 Å². The normalized spacial score (nSPS) is 18.7. The molecule has 21 heavy (non-hydrogen) atoms. The molecule has 1 unspecified atom stereocenters. The Morgan fingerprint density at radius 3 is 2.05 bits per heavy atom. The van der Waals surface area contributed by atoms with Gasteiger partial charge in [-0.15, -0.1) is 0 Å². The second-order valence-corrected chi connectivity index (χ2v) is 5.83.